The fourth-order valence-corrected chi connectivity index (χ4v) is 1.58. The van der Waals surface area contributed by atoms with Gasteiger partial charge in [0.1, 0.15) is 11.8 Å². The Hall–Kier alpha value is -2.04. The highest BCUT2D eigenvalue weighted by Crippen LogP contribution is 2.17. The molecule has 0 spiro atoms. The molecular weight excluding hydrogens is 244 g/mol. The van der Waals surface area contributed by atoms with Crippen molar-refractivity contribution in [2.24, 2.45) is 0 Å². The molecule has 5 heteroatoms. The number of phenols is 1. The fourth-order valence-electron chi connectivity index (χ4n) is 1.58. The maximum atomic E-state index is 12.0. The Morgan fingerprint density at radius 2 is 1.79 bits per heavy atom. The molecular formula is C14H20N2O3. The summed E-state index contributed by atoms with van der Waals surface area (Å²) in [5, 5.41) is 14.9. The van der Waals surface area contributed by atoms with Crippen molar-refractivity contribution >= 4 is 11.8 Å². The topological polar surface area (TPSA) is 78.4 Å². The number of amides is 2. The summed E-state index contributed by atoms with van der Waals surface area (Å²) in [5.41, 5.74) is 1.03. The van der Waals surface area contributed by atoms with Crippen LogP contribution in [0.2, 0.25) is 0 Å². The lowest BCUT2D eigenvalue weighted by Gasteiger charge is -2.16. The van der Waals surface area contributed by atoms with E-state index in [1.54, 1.807) is 19.1 Å². The molecule has 0 aliphatic heterocycles. The normalized spacial score (nSPS) is 12.1. The minimum absolute atomic E-state index is 0.0132. The molecule has 1 rings (SSSR count). The fraction of sp³-hybridized carbons (Fsp3) is 0.429. The van der Waals surface area contributed by atoms with Crippen molar-refractivity contribution in [2.45, 2.75) is 39.8 Å². The van der Waals surface area contributed by atoms with Crippen LogP contribution in [-0.4, -0.2) is 29.0 Å². The molecule has 1 unspecified atom stereocenters. The molecule has 0 bridgehead atoms. The number of carbonyl (C=O) groups excluding carboxylic acids is 2. The predicted molar refractivity (Wildman–Crippen MR) is 73.1 cm³/mol. The van der Waals surface area contributed by atoms with Gasteiger partial charge in [-0.1, -0.05) is 11.6 Å². The van der Waals surface area contributed by atoms with Gasteiger partial charge in [0.25, 0.3) is 5.91 Å². The van der Waals surface area contributed by atoms with E-state index in [9.17, 15) is 14.7 Å². The third-order valence-corrected chi connectivity index (χ3v) is 2.57. The molecule has 1 aromatic carbocycles. The highest BCUT2D eigenvalue weighted by atomic mass is 16.3. The van der Waals surface area contributed by atoms with E-state index in [-0.39, 0.29) is 23.3 Å². The lowest BCUT2D eigenvalue weighted by Crippen LogP contribution is -2.46. The minimum Gasteiger partial charge on any atom is -0.507 e. The van der Waals surface area contributed by atoms with Gasteiger partial charge in [0.05, 0.1) is 5.56 Å². The first-order valence-corrected chi connectivity index (χ1v) is 6.22. The van der Waals surface area contributed by atoms with Crippen molar-refractivity contribution in [3.05, 3.63) is 29.3 Å². The van der Waals surface area contributed by atoms with E-state index in [4.69, 9.17) is 0 Å². The van der Waals surface area contributed by atoms with Crippen LogP contribution in [0.4, 0.5) is 0 Å². The SMILES string of the molecule is Cc1ccc(O)c(C(=O)NC(C)C(=O)NC(C)C)c1. The van der Waals surface area contributed by atoms with Gasteiger partial charge in [0.15, 0.2) is 0 Å². The summed E-state index contributed by atoms with van der Waals surface area (Å²) in [6, 6.07) is 4.11. The van der Waals surface area contributed by atoms with Gasteiger partial charge in [-0.3, -0.25) is 9.59 Å². The number of hydrogen-bond donors (Lipinski definition) is 3. The van der Waals surface area contributed by atoms with Crippen molar-refractivity contribution in [1.82, 2.24) is 10.6 Å². The standard InChI is InChI=1S/C14H20N2O3/c1-8(2)15-13(18)10(4)16-14(19)11-7-9(3)5-6-12(11)17/h5-8,10,17H,1-4H3,(H,15,18)(H,16,19). The van der Waals surface area contributed by atoms with Gasteiger partial charge in [0, 0.05) is 6.04 Å². The zero-order valence-electron chi connectivity index (χ0n) is 11.7. The average molecular weight is 264 g/mol. The van der Waals surface area contributed by atoms with Crippen molar-refractivity contribution in [1.29, 1.82) is 0 Å². The van der Waals surface area contributed by atoms with Crippen LogP contribution in [-0.2, 0) is 4.79 Å². The minimum atomic E-state index is -0.658. The molecule has 0 fully saturated rings. The Morgan fingerprint density at radius 3 is 2.37 bits per heavy atom. The number of phenolic OH excluding ortho intramolecular Hbond substituents is 1. The first-order chi connectivity index (χ1) is 8.81. The third-order valence-electron chi connectivity index (χ3n) is 2.57. The van der Waals surface area contributed by atoms with E-state index >= 15 is 0 Å². The van der Waals surface area contributed by atoms with Crippen LogP contribution in [0, 0.1) is 6.92 Å². The smallest absolute Gasteiger partial charge is 0.255 e. The second-order valence-electron chi connectivity index (χ2n) is 4.88. The predicted octanol–water partition coefficient (Wildman–Crippen LogP) is 1.34. The first-order valence-electron chi connectivity index (χ1n) is 6.22. The molecule has 0 aromatic heterocycles. The van der Waals surface area contributed by atoms with Gasteiger partial charge in [-0.25, -0.2) is 0 Å². The highest BCUT2D eigenvalue weighted by molar-refractivity contribution is 5.99. The lowest BCUT2D eigenvalue weighted by atomic mass is 10.1. The maximum Gasteiger partial charge on any atom is 0.255 e. The van der Waals surface area contributed by atoms with Gasteiger partial charge in [-0.2, -0.15) is 0 Å². The number of aromatic hydroxyl groups is 1. The molecule has 0 saturated carbocycles. The van der Waals surface area contributed by atoms with Crippen LogP contribution in [0.5, 0.6) is 5.75 Å². The van der Waals surface area contributed by atoms with E-state index in [0.29, 0.717) is 0 Å². The van der Waals surface area contributed by atoms with Crippen LogP contribution in [0.15, 0.2) is 18.2 Å². The Labute approximate surface area is 113 Å². The van der Waals surface area contributed by atoms with Crippen molar-refractivity contribution in [3.8, 4) is 5.75 Å². The number of benzene rings is 1. The Kier molecular flexibility index (Phi) is 4.92. The number of rotatable bonds is 4. The van der Waals surface area contributed by atoms with Gasteiger partial charge < -0.3 is 15.7 Å². The first kappa shape index (κ1) is 15.0. The summed E-state index contributed by atoms with van der Waals surface area (Å²) in [5.74, 6) is -0.817. The van der Waals surface area contributed by atoms with E-state index in [0.717, 1.165) is 5.56 Å². The molecule has 0 saturated heterocycles. The van der Waals surface area contributed by atoms with E-state index < -0.39 is 11.9 Å². The summed E-state index contributed by atoms with van der Waals surface area (Å²) in [4.78, 5) is 23.7. The number of aryl methyl sites for hydroxylation is 1. The third kappa shape index (κ3) is 4.28. The average Bonchev–Trinajstić information content (AvgIpc) is 2.31. The van der Waals surface area contributed by atoms with Gasteiger partial charge in [-0.15, -0.1) is 0 Å². The largest absolute Gasteiger partial charge is 0.507 e. The summed E-state index contributed by atoms with van der Waals surface area (Å²) in [7, 11) is 0. The van der Waals surface area contributed by atoms with E-state index in [2.05, 4.69) is 10.6 Å². The molecule has 104 valence electrons. The molecule has 2 amide bonds. The van der Waals surface area contributed by atoms with Crippen molar-refractivity contribution in [2.75, 3.05) is 0 Å². The van der Waals surface area contributed by atoms with Crippen LogP contribution in [0.3, 0.4) is 0 Å². The molecule has 0 aliphatic carbocycles. The molecule has 0 aliphatic rings. The van der Waals surface area contributed by atoms with Gasteiger partial charge in [-0.05, 0) is 39.8 Å². The molecule has 19 heavy (non-hydrogen) atoms. The lowest BCUT2D eigenvalue weighted by molar-refractivity contribution is -0.123. The molecule has 1 atom stereocenters. The monoisotopic (exact) mass is 264 g/mol. The Bertz CT molecular complexity index is 484. The Morgan fingerprint density at radius 1 is 1.16 bits per heavy atom. The van der Waals surface area contributed by atoms with E-state index in [1.165, 1.54) is 6.07 Å². The molecule has 5 nitrogen and oxygen atoms in total. The summed E-state index contributed by atoms with van der Waals surface area (Å²) in [6.07, 6.45) is 0. The second-order valence-corrected chi connectivity index (χ2v) is 4.88. The maximum absolute atomic E-state index is 12.0. The molecule has 3 N–H and O–H groups in total. The number of hydrogen-bond acceptors (Lipinski definition) is 3. The number of nitrogens with one attached hydrogen (secondary N) is 2. The summed E-state index contributed by atoms with van der Waals surface area (Å²) in [6.45, 7) is 7.12. The zero-order chi connectivity index (χ0) is 14.6. The van der Waals surface area contributed by atoms with Gasteiger partial charge in [0.2, 0.25) is 5.91 Å². The van der Waals surface area contributed by atoms with Crippen LogP contribution in [0.25, 0.3) is 0 Å². The summed E-state index contributed by atoms with van der Waals surface area (Å²) >= 11 is 0. The molecule has 0 radical (unpaired) electrons. The molecule has 1 aromatic rings. The van der Waals surface area contributed by atoms with E-state index in [1.807, 2.05) is 20.8 Å². The van der Waals surface area contributed by atoms with Gasteiger partial charge >= 0.3 is 0 Å². The quantitative estimate of drug-likeness (QED) is 0.768. The zero-order valence-corrected chi connectivity index (χ0v) is 11.7. The second kappa shape index (κ2) is 6.22. The Balaban J connectivity index is 2.74. The van der Waals surface area contributed by atoms with Crippen LogP contribution < -0.4 is 10.6 Å². The molecule has 0 heterocycles. The summed E-state index contributed by atoms with van der Waals surface area (Å²) < 4.78 is 0. The van der Waals surface area contributed by atoms with Crippen molar-refractivity contribution in [3.63, 3.8) is 0 Å². The van der Waals surface area contributed by atoms with Crippen LogP contribution >= 0.6 is 0 Å². The highest BCUT2D eigenvalue weighted by Gasteiger charge is 2.18. The van der Waals surface area contributed by atoms with Crippen LogP contribution in [0.1, 0.15) is 36.7 Å². The number of carbonyl (C=O) groups is 2. The van der Waals surface area contributed by atoms with Crippen molar-refractivity contribution < 1.29 is 14.7 Å².